The normalized spacial score (nSPS) is 28.1. The number of hydrogen-bond acceptors (Lipinski definition) is 3. The predicted octanol–water partition coefficient (Wildman–Crippen LogP) is 3.18. The quantitative estimate of drug-likeness (QED) is 0.816. The molecule has 0 saturated carbocycles. The highest BCUT2D eigenvalue weighted by Crippen LogP contribution is 2.38. The van der Waals surface area contributed by atoms with Gasteiger partial charge in [0.15, 0.2) is 0 Å². The lowest BCUT2D eigenvalue weighted by Gasteiger charge is -2.39. The first-order valence-electron chi connectivity index (χ1n) is 8.34. The number of nitrogens with one attached hydrogen (secondary N) is 1. The largest absolute Gasteiger partial charge is 0.490 e. The summed E-state index contributed by atoms with van der Waals surface area (Å²) >= 11 is 0. The molecule has 1 saturated heterocycles. The standard InChI is InChI=1S/C18H27NO2/c1-2-9-19-13-18(8-5-10-20-14-18)12-16-11-15-6-3-4-7-17(15)21-16/h3-4,6-7,16,19H,2,5,8-14H2,1H3. The Hall–Kier alpha value is -1.06. The van der Waals surface area contributed by atoms with Gasteiger partial charge in [0.05, 0.1) is 6.61 Å². The molecule has 1 N–H and O–H groups in total. The van der Waals surface area contributed by atoms with Gasteiger partial charge < -0.3 is 14.8 Å². The summed E-state index contributed by atoms with van der Waals surface area (Å²) in [6, 6.07) is 8.44. The van der Waals surface area contributed by atoms with E-state index in [1.165, 1.54) is 24.8 Å². The monoisotopic (exact) mass is 289 g/mol. The van der Waals surface area contributed by atoms with E-state index in [9.17, 15) is 0 Å². The molecule has 1 aromatic carbocycles. The van der Waals surface area contributed by atoms with Gasteiger partial charge in [-0.05, 0) is 43.9 Å². The van der Waals surface area contributed by atoms with Crippen LogP contribution in [0.15, 0.2) is 24.3 Å². The van der Waals surface area contributed by atoms with Crippen molar-refractivity contribution in [1.82, 2.24) is 5.32 Å². The van der Waals surface area contributed by atoms with E-state index in [1.807, 2.05) is 0 Å². The van der Waals surface area contributed by atoms with Crippen molar-refractivity contribution in [3.05, 3.63) is 29.8 Å². The van der Waals surface area contributed by atoms with E-state index < -0.39 is 0 Å². The van der Waals surface area contributed by atoms with Crippen molar-refractivity contribution in [3.8, 4) is 5.75 Å². The van der Waals surface area contributed by atoms with E-state index in [4.69, 9.17) is 9.47 Å². The SMILES string of the molecule is CCCNCC1(CC2Cc3ccccc3O2)CCCOC1. The van der Waals surface area contributed by atoms with Crippen LogP contribution in [0.4, 0.5) is 0 Å². The van der Waals surface area contributed by atoms with Crippen LogP contribution >= 0.6 is 0 Å². The first kappa shape index (κ1) is 14.9. The van der Waals surface area contributed by atoms with Crippen molar-refractivity contribution in [2.24, 2.45) is 5.41 Å². The molecule has 3 nitrogen and oxygen atoms in total. The molecule has 2 heterocycles. The molecule has 0 bridgehead atoms. The second kappa shape index (κ2) is 6.80. The lowest BCUT2D eigenvalue weighted by molar-refractivity contribution is -0.0278. The molecule has 0 aliphatic carbocycles. The maximum Gasteiger partial charge on any atom is 0.123 e. The number of fused-ring (bicyclic) bond motifs is 1. The molecular formula is C18H27NO2. The van der Waals surface area contributed by atoms with Gasteiger partial charge in [-0.15, -0.1) is 0 Å². The highest BCUT2D eigenvalue weighted by atomic mass is 16.5. The lowest BCUT2D eigenvalue weighted by atomic mass is 9.77. The Labute approximate surface area is 128 Å². The minimum absolute atomic E-state index is 0.250. The summed E-state index contributed by atoms with van der Waals surface area (Å²) in [5, 5.41) is 3.61. The van der Waals surface area contributed by atoms with Gasteiger partial charge in [-0.1, -0.05) is 25.1 Å². The van der Waals surface area contributed by atoms with Crippen LogP contribution in [0.25, 0.3) is 0 Å². The number of para-hydroxylation sites is 1. The summed E-state index contributed by atoms with van der Waals surface area (Å²) < 4.78 is 12.0. The summed E-state index contributed by atoms with van der Waals surface area (Å²) in [5.74, 6) is 1.08. The number of ether oxygens (including phenoxy) is 2. The average Bonchev–Trinajstić information content (AvgIpc) is 2.90. The summed E-state index contributed by atoms with van der Waals surface area (Å²) in [5.41, 5.74) is 1.61. The third-order valence-electron chi connectivity index (χ3n) is 4.71. The molecule has 2 aliphatic rings. The summed E-state index contributed by atoms with van der Waals surface area (Å²) in [7, 11) is 0. The number of hydrogen-bond donors (Lipinski definition) is 1. The summed E-state index contributed by atoms with van der Waals surface area (Å²) in [6.07, 6.45) is 6.06. The molecule has 1 fully saturated rings. The van der Waals surface area contributed by atoms with Crippen molar-refractivity contribution in [2.75, 3.05) is 26.3 Å². The molecule has 1 aromatic rings. The van der Waals surface area contributed by atoms with E-state index in [0.717, 1.165) is 44.9 Å². The molecule has 0 spiro atoms. The fourth-order valence-electron chi connectivity index (χ4n) is 3.66. The first-order valence-corrected chi connectivity index (χ1v) is 8.34. The minimum atomic E-state index is 0.250. The zero-order valence-electron chi connectivity index (χ0n) is 13.1. The lowest BCUT2D eigenvalue weighted by Crippen LogP contribution is -2.44. The van der Waals surface area contributed by atoms with Crippen LogP contribution in [0.5, 0.6) is 5.75 Å². The molecule has 116 valence electrons. The van der Waals surface area contributed by atoms with Crippen LogP contribution < -0.4 is 10.1 Å². The Morgan fingerprint density at radius 2 is 2.24 bits per heavy atom. The van der Waals surface area contributed by atoms with Crippen molar-refractivity contribution in [3.63, 3.8) is 0 Å². The minimum Gasteiger partial charge on any atom is -0.490 e. The van der Waals surface area contributed by atoms with E-state index in [2.05, 4.69) is 36.5 Å². The van der Waals surface area contributed by atoms with Gasteiger partial charge in [-0.2, -0.15) is 0 Å². The summed E-state index contributed by atoms with van der Waals surface area (Å²) in [6.45, 7) is 6.15. The van der Waals surface area contributed by atoms with Crippen LogP contribution in [0.2, 0.25) is 0 Å². The van der Waals surface area contributed by atoms with Crippen molar-refractivity contribution in [1.29, 1.82) is 0 Å². The average molecular weight is 289 g/mol. The molecule has 2 aliphatic heterocycles. The van der Waals surface area contributed by atoms with Gasteiger partial charge in [-0.25, -0.2) is 0 Å². The smallest absolute Gasteiger partial charge is 0.123 e. The number of benzene rings is 1. The Bertz CT molecular complexity index is 429. The Morgan fingerprint density at radius 3 is 3.00 bits per heavy atom. The van der Waals surface area contributed by atoms with Gasteiger partial charge >= 0.3 is 0 Å². The van der Waals surface area contributed by atoms with Gasteiger partial charge in [-0.3, -0.25) is 0 Å². The van der Waals surface area contributed by atoms with Crippen LogP contribution in [-0.2, 0) is 11.2 Å². The zero-order valence-corrected chi connectivity index (χ0v) is 13.1. The Balaban J connectivity index is 1.62. The molecular weight excluding hydrogens is 262 g/mol. The Kier molecular flexibility index (Phi) is 4.81. The molecule has 3 rings (SSSR count). The fourth-order valence-corrected chi connectivity index (χ4v) is 3.66. The van der Waals surface area contributed by atoms with Crippen molar-refractivity contribution in [2.45, 2.75) is 45.1 Å². The van der Waals surface area contributed by atoms with Gasteiger partial charge in [0, 0.05) is 25.0 Å². The third-order valence-corrected chi connectivity index (χ3v) is 4.71. The van der Waals surface area contributed by atoms with E-state index >= 15 is 0 Å². The topological polar surface area (TPSA) is 30.5 Å². The van der Waals surface area contributed by atoms with E-state index in [-0.39, 0.29) is 5.41 Å². The maximum atomic E-state index is 6.16. The molecule has 0 aromatic heterocycles. The van der Waals surface area contributed by atoms with E-state index in [1.54, 1.807) is 0 Å². The van der Waals surface area contributed by atoms with Crippen LogP contribution in [-0.4, -0.2) is 32.4 Å². The first-order chi connectivity index (χ1) is 10.3. The maximum absolute atomic E-state index is 6.16. The second-order valence-electron chi connectivity index (χ2n) is 6.59. The second-order valence-corrected chi connectivity index (χ2v) is 6.59. The summed E-state index contributed by atoms with van der Waals surface area (Å²) in [4.78, 5) is 0. The van der Waals surface area contributed by atoms with Gasteiger partial charge in [0.2, 0.25) is 0 Å². The molecule has 2 atom stereocenters. The molecule has 3 heteroatoms. The van der Waals surface area contributed by atoms with Crippen LogP contribution in [0, 0.1) is 5.41 Å². The molecule has 0 radical (unpaired) electrons. The fraction of sp³-hybridized carbons (Fsp3) is 0.667. The highest BCUT2D eigenvalue weighted by Gasteiger charge is 2.37. The molecule has 0 amide bonds. The van der Waals surface area contributed by atoms with Crippen LogP contribution in [0.1, 0.15) is 38.2 Å². The van der Waals surface area contributed by atoms with Crippen molar-refractivity contribution >= 4 is 0 Å². The molecule has 2 unspecified atom stereocenters. The van der Waals surface area contributed by atoms with Crippen LogP contribution in [0.3, 0.4) is 0 Å². The van der Waals surface area contributed by atoms with Gasteiger partial charge in [0.25, 0.3) is 0 Å². The zero-order chi connectivity index (χ0) is 14.5. The molecule has 21 heavy (non-hydrogen) atoms. The van der Waals surface area contributed by atoms with Crippen molar-refractivity contribution < 1.29 is 9.47 Å². The third kappa shape index (κ3) is 3.58. The number of rotatable bonds is 6. The van der Waals surface area contributed by atoms with E-state index in [0.29, 0.717) is 6.10 Å². The Morgan fingerprint density at radius 1 is 1.33 bits per heavy atom. The van der Waals surface area contributed by atoms with Gasteiger partial charge in [0.1, 0.15) is 11.9 Å². The predicted molar refractivity (Wildman–Crippen MR) is 84.8 cm³/mol. The highest BCUT2D eigenvalue weighted by molar-refractivity contribution is 5.37.